The number of methoxy groups -OCH3 is 1. The van der Waals surface area contributed by atoms with Gasteiger partial charge in [0, 0.05) is 16.1 Å². The van der Waals surface area contributed by atoms with Gasteiger partial charge in [0.05, 0.1) is 40.5 Å². The second-order valence-electron chi connectivity index (χ2n) is 7.70. The number of nitro benzene ring substituents is 1. The summed E-state index contributed by atoms with van der Waals surface area (Å²) >= 11 is 4.24. The van der Waals surface area contributed by atoms with E-state index in [1.54, 1.807) is 38.1 Å². The van der Waals surface area contributed by atoms with Gasteiger partial charge in [-0.15, -0.1) is 0 Å². The van der Waals surface area contributed by atoms with Gasteiger partial charge >= 0.3 is 11.7 Å². The zero-order chi connectivity index (χ0) is 26.1. The summed E-state index contributed by atoms with van der Waals surface area (Å²) in [5.41, 5.74) is 0.381. The van der Waals surface area contributed by atoms with Crippen LogP contribution >= 0.6 is 27.3 Å². The minimum Gasteiger partial charge on any atom is -0.502 e. The quantitative estimate of drug-likeness (QED) is 0.272. The van der Waals surface area contributed by atoms with Crippen LogP contribution in [0.4, 0.5) is 5.69 Å². The number of ether oxygens (including phenoxy) is 2. The largest absolute Gasteiger partial charge is 0.502 e. The first-order valence-corrected chi connectivity index (χ1v) is 12.3. The molecular formula is C24H20BrN3O7S. The maximum absolute atomic E-state index is 13.6. The summed E-state index contributed by atoms with van der Waals surface area (Å²) in [6.07, 6.45) is 1.37. The van der Waals surface area contributed by atoms with E-state index < -0.39 is 33.9 Å². The van der Waals surface area contributed by atoms with E-state index in [-0.39, 0.29) is 22.3 Å². The summed E-state index contributed by atoms with van der Waals surface area (Å²) in [5.74, 6) is -0.547. The molecule has 3 aromatic rings. The number of fused-ring (bicyclic) bond motifs is 1. The van der Waals surface area contributed by atoms with Crippen LogP contribution in [-0.4, -0.2) is 34.3 Å². The van der Waals surface area contributed by atoms with E-state index in [2.05, 4.69) is 20.9 Å². The van der Waals surface area contributed by atoms with Crippen molar-refractivity contribution < 1.29 is 24.3 Å². The van der Waals surface area contributed by atoms with Crippen molar-refractivity contribution in [1.82, 2.24) is 4.57 Å². The average molecular weight is 574 g/mol. The Bertz CT molecular complexity index is 1590. The lowest BCUT2D eigenvalue weighted by Gasteiger charge is -2.24. The summed E-state index contributed by atoms with van der Waals surface area (Å²) in [7, 11) is 1.54. The lowest BCUT2D eigenvalue weighted by atomic mass is 9.96. The van der Waals surface area contributed by atoms with Crippen LogP contribution in [0.15, 0.2) is 61.9 Å². The predicted molar refractivity (Wildman–Crippen MR) is 136 cm³/mol. The zero-order valence-electron chi connectivity index (χ0n) is 19.4. The van der Waals surface area contributed by atoms with Gasteiger partial charge in [0.1, 0.15) is 5.75 Å². The van der Waals surface area contributed by atoms with E-state index in [0.29, 0.717) is 26.3 Å². The van der Waals surface area contributed by atoms with E-state index in [0.717, 1.165) is 11.3 Å². The molecule has 1 aliphatic heterocycles. The van der Waals surface area contributed by atoms with Gasteiger partial charge in [-0.25, -0.2) is 9.79 Å². The number of hydrogen-bond donors (Lipinski definition) is 1. The third-order valence-electron chi connectivity index (χ3n) is 5.52. The molecule has 12 heteroatoms. The van der Waals surface area contributed by atoms with Crippen LogP contribution < -0.4 is 19.6 Å². The van der Waals surface area contributed by atoms with Crippen LogP contribution in [0.1, 0.15) is 31.0 Å². The highest BCUT2D eigenvalue weighted by atomic mass is 79.9. The monoisotopic (exact) mass is 573 g/mol. The number of hydrogen-bond acceptors (Lipinski definition) is 9. The second kappa shape index (κ2) is 10.1. The Morgan fingerprint density at radius 2 is 2.03 bits per heavy atom. The van der Waals surface area contributed by atoms with Gasteiger partial charge in [0.15, 0.2) is 4.80 Å². The predicted octanol–water partition coefficient (Wildman–Crippen LogP) is 3.18. The number of allylic oxidation sites excluding steroid dienone is 1. The van der Waals surface area contributed by atoms with Crippen LogP contribution in [0.25, 0.3) is 6.08 Å². The molecular weight excluding hydrogens is 554 g/mol. The molecule has 0 fully saturated rings. The van der Waals surface area contributed by atoms with Crippen molar-refractivity contribution in [3.8, 4) is 11.5 Å². The molecule has 2 heterocycles. The maximum Gasteiger partial charge on any atom is 0.338 e. The Hall–Kier alpha value is -3.77. The van der Waals surface area contributed by atoms with Crippen molar-refractivity contribution in [2.24, 2.45) is 4.99 Å². The van der Waals surface area contributed by atoms with Gasteiger partial charge in [-0.1, -0.05) is 39.4 Å². The molecule has 0 aliphatic carbocycles. The molecule has 0 saturated carbocycles. The van der Waals surface area contributed by atoms with Crippen LogP contribution in [0, 0.1) is 10.1 Å². The van der Waals surface area contributed by atoms with Crippen molar-refractivity contribution in [1.29, 1.82) is 0 Å². The molecule has 0 spiro atoms. The number of nitrogens with zero attached hydrogens (tertiary/aromatic N) is 3. The summed E-state index contributed by atoms with van der Waals surface area (Å²) in [6, 6.07) is 8.77. The van der Waals surface area contributed by atoms with Gasteiger partial charge in [-0.2, -0.15) is 0 Å². The van der Waals surface area contributed by atoms with Crippen LogP contribution in [0.3, 0.4) is 0 Å². The third kappa shape index (κ3) is 4.56. The highest BCUT2D eigenvalue weighted by Gasteiger charge is 2.33. The first kappa shape index (κ1) is 25.3. The number of phenolic OH excluding ortho intramolecular Hbond substituents is 1. The number of benzene rings is 2. The van der Waals surface area contributed by atoms with Crippen LogP contribution in [-0.2, 0) is 9.53 Å². The number of rotatable bonds is 6. The molecule has 0 bridgehead atoms. The Balaban J connectivity index is 1.97. The number of esters is 1. The fraction of sp³-hybridized carbons (Fsp3) is 0.208. The second-order valence-corrected chi connectivity index (χ2v) is 9.62. The lowest BCUT2D eigenvalue weighted by Crippen LogP contribution is -2.39. The number of aromatic nitrogens is 1. The molecule has 0 saturated heterocycles. The molecule has 0 unspecified atom stereocenters. The van der Waals surface area contributed by atoms with Crippen molar-refractivity contribution in [2.75, 3.05) is 13.7 Å². The molecule has 0 radical (unpaired) electrons. The molecule has 4 rings (SSSR count). The van der Waals surface area contributed by atoms with E-state index >= 15 is 0 Å². The molecule has 1 aromatic heterocycles. The molecule has 1 aliphatic rings. The molecule has 1 N–H and O–H groups in total. The average Bonchev–Trinajstić information content (AvgIpc) is 3.14. The Labute approximate surface area is 216 Å². The summed E-state index contributed by atoms with van der Waals surface area (Å²) in [6.45, 7) is 3.51. The molecule has 0 amide bonds. The highest BCUT2D eigenvalue weighted by Crippen LogP contribution is 2.34. The summed E-state index contributed by atoms with van der Waals surface area (Å²) in [4.78, 5) is 42.0. The molecule has 1 atom stereocenters. The summed E-state index contributed by atoms with van der Waals surface area (Å²) in [5, 5.41) is 21.7. The van der Waals surface area contributed by atoms with E-state index in [9.17, 15) is 24.8 Å². The SMILES string of the molecule is CCOC(=O)C1=C(C)N=c2s/c(=C\c3cc(Br)cc([N+](=O)[O-])c3O)c(=O)n2[C@H]1c1ccc(OC)cc1. The smallest absolute Gasteiger partial charge is 0.338 e. The van der Waals surface area contributed by atoms with Crippen molar-refractivity contribution in [2.45, 2.75) is 19.9 Å². The first-order valence-electron chi connectivity index (χ1n) is 10.7. The van der Waals surface area contributed by atoms with Gasteiger partial charge in [0.2, 0.25) is 5.75 Å². The number of halogens is 1. The highest BCUT2D eigenvalue weighted by molar-refractivity contribution is 9.10. The number of phenols is 1. The van der Waals surface area contributed by atoms with E-state index in [4.69, 9.17) is 9.47 Å². The van der Waals surface area contributed by atoms with E-state index in [1.165, 1.54) is 29.9 Å². The van der Waals surface area contributed by atoms with E-state index in [1.807, 2.05) is 0 Å². The topological polar surface area (TPSA) is 133 Å². The Morgan fingerprint density at radius 1 is 1.33 bits per heavy atom. The van der Waals surface area contributed by atoms with Crippen LogP contribution in [0.5, 0.6) is 11.5 Å². The first-order chi connectivity index (χ1) is 17.2. The maximum atomic E-state index is 13.6. The van der Waals surface area contributed by atoms with Gasteiger partial charge in [-0.3, -0.25) is 19.5 Å². The molecule has 10 nitrogen and oxygen atoms in total. The number of aromatic hydroxyl groups is 1. The van der Waals surface area contributed by atoms with Crippen molar-refractivity contribution >= 4 is 45.0 Å². The molecule has 2 aromatic carbocycles. The molecule has 186 valence electrons. The Morgan fingerprint density at radius 3 is 2.64 bits per heavy atom. The number of carbonyl (C=O) groups excluding carboxylic acids is 1. The minimum absolute atomic E-state index is 0.0867. The lowest BCUT2D eigenvalue weighted by molar-refractivity contribution is -0.385. The standard InChI is InChI=1S/C24H20BrN3O7S/c1-4-35-23(31)19-12(2)26-24-27(20(19)13-5-7-16(34-3)8-6-13)22(30)18(36-24)10-14-9-15(25)11-17(21(14)29)28(32)33/h5-11,20,29H,4H2,1-3H3/b18-10-/t20-/m0/s1. The van der Waals surface area contributed by atoms with Gasteiger partial charge < -0.3 is 14.6 Å². The van der Waals surface area contributed by atoms with Crippen LogP contribution in [0.2, 0.25) is 0 Å². The number of carbonyl (C=O) groups is 1. The Kier molecular flexibility index (Phi) is 7.09. The fourth-order valence-electron chi connectivity index (χ4n) is 3.89. The summed E-state index contributed by atoms with van der Waals surface area (Å²) < 4.78 is 12.4. The van der Waals surface area contributed by atoms with Gasteiger partial charge in [-0.05, 0) is 43.7 Å². The van der Waals surface area contributed by atoms with Gasteiger partial charge in [0.25, 0.3) is 5.56 Å². The fourth-order valence-corrected chi connectivity index (χ4v) is 5.39. The van der Waals surface area contributed by atoms with Crippen molar-refractivity contribution in [3.63, 3.8) is 0 Å². The number of thiazole rings is 1. The zero-order valence-corrected chi connectivity index (χ0v) is 21.8. The minimum atomic E-state index is -0.821. The van der Waals surface area contributed by atoms with Crippen molar-refractivity contribution in [3.05, 3.63) is 93.1 Å². The normalized spacial score (nSPS) is 15.3. The number of nitro groups is 1. The third-order valence-corrected chi connectivity index (χ3v) is 6.96. The molecule has 36 heavy (non-hydrogen) atoms.